The summed E-state index contributed by atoms with van der Waals surface area (Å²) in [6, 6.07) is 1.66. The highest BCUT2D eigenvalue weighted by Crippen LogP contribution is 2.17. The van der Waals surface area contributed by atoms with Gasteiger partial charge in [-0.05, 0) is 13.0 Å². The van der Waals surface area contributed by atoms with Crippen LogP contribution in [0.3, 0.4) is 0 Å². The maximum Gasteiger partial charge on any atom is 0.256 e. The van der Waals surface area contributed by atoms with E-state index in [1.165, 1.54) is 0 Å². The van der Waals surface area contributed by atoms with Crippen molar-refractivity contribution in [3.05, 3.63) is 24.0 Å². The number of hydrogen-bond acceptors (Lipinski definition) is 5. The fourth-order valence-electron chi connectivity index (χ4n) is 2.00. The number of aromatic nitrogens is 1. The van der Waals surface area contributed by atoms with Gasteiger partial charge in [-0.3, -0.25) is 9.78 Å². The molecular weight excluding hydrogens is 266 g/mol. The van der Waals surface area contributed by atoms with E-state index in [1.807, 2.05) is 6.92 Å². The lowest BCUT2D eigenvalue weighted by molar-refractivity contribution is 0.0771. The summed E-state index contributed by atoms with van der Waals surface area (Å²) in [6.45, 7) is 3.15. The molecule has 0 saturated carbocycles. The summed E-state index contributed by atoms with van der Waals surface area (Å²) in [6.07, 6.45) is 3.17. The molecule has 7 heteroatoms. The van der Waals surface area contributed by atoms with Crippen LogP contribution in [0.25, 0.3) is 0 Å². The van der Waals surface area contributed by atoms with Crippen LogP contribution in [0.2, 0.25) is 0 Å². The Morgan fingerprint density at radius 3 is 2.74 bits per heavy atom. The fourth-order valence-corrected chi connectivity index (χ4v) is 3.20. The fraction of sp³-hybridized carbons (Fsp3) is 0.500. The van der Waals surface area contributed by atoms with Gasteiger partial charge in [0.25, 0.3) is 5.91 Å². The first kappa shape index (κ1) is 13.8. The molecular formula is C12H17N3O3S. The molecule has 0 aromatic carbocycles. The molecule has 1 aromatic heterocycles. The average Bonchev–Trinajstić information content (AvgIpc) is 2.39. The molecule has 1 amide bonds. The predicted molar refractivity (Wildman–Crippen MR) is 73.0 cm³/mol. The van der Waals surface area contributed by atoms with Crippen LogP contribution in [0.1, 0.15) is 17.3 Å². The molecule has 1 fully saturated rings. The maximum atomic E-state index is 12.4. The lowest BCUT2D eigenvalue weighted by Gasteiger charge is -2.27. The summed E-state index contributed by atoms with van der Waals surface area (Å²) >= 11 is 0. The number of nitrogens with zero attached hydrogens (tertiary/aromatic N) is 2. The van der Waals surface area contributed by atoms with Crippen LogP contribution in [0.15, 0.2) is 18.5 Å². The molecule has 1 aromatic rings. The summed E-state index contributed by atoms with van der Waals surface area (Å²) in [5.74, 6) is -0.0611. The Morgan fingerprint density at radius 2 is 2.11 bits per heavy atom. The maximum absolute atomic E-state index is 12.4. The molecule has 0 bridgehead atoms. The van der Waals surface area contributed by atoms with E-state index in [-0.39, 0.29) is 30.5 Å². The molecule has 19 heavy (non-hydrogen) atoms. The van der Waals surface area contributed by atoms with Crippen molar-refractivity contribution in [2.75, 3.05) is 36.5 Å². The number of nitrogens with one attached hydrogen (secondary N) is 1. The second-order valence-electron chi connectivity index (χ2n) is 4.40. The number of carbonyl (C=O) groups excluding carboxylic acids is 1. The Kier molecular flexibility index (Phi) is 4.04. The first-order valence-corrected chi connectivity index (χ1v) is 8.03. The van der Waals surface area contributed by atoms with Gasteiger partial charge in [0.1, 0.15) is 0 Å². The first-order chi connectivity index (χ1) is 9.03. The zero-order valence-electron chi connectivity index (χ0n) is 10.8. The summed E-state index contributed by atoms with van der Waals surface area (Å²) in [4.78, 5) is 17.9. The van der Waals surface area contributed by atoms with E-state index >= 15 is 0 Å². The highest BCUT2D eigenvalue weighted by atomic mass is 32.2. The number of carbonyl (C=O) groups is 1. The van der Waals surface area contributed by atoms with Crippen LogP contribution in [0.5, 0.6) is 0 Å². The van der Waals surface area contributed by atoms with Gasteiger partial charge < -0.3 is 10.2 Å². The van der Waals surface area contributed by atoms with Crippen LogP contribution in [-0.4, -0.2) is 55.3 Å². The van der Waals surface area contributed by atoms with E-state index in [9.17, 15) is 13.2 Å². The third-order valence-electron chi connectivity index (χ3n) is 3.05. The molecule has 0 atom stereocenters. The van der Waals surface area contributed by atoms with E-state index in [2.05, 4.69) is 10.3 Å². The van der Waals surface area contributed by atoms with Crippen molar-refractivity contribution >= 4 is 21.4 Å². The lowest BCUT2D eigenvalue weighted by Crippen LogP contribution is -2.43. The SMILES string of the molecule is CCNc1cnccc1C(=O)N1CCS(=O)(=O)CC1. The summed E-state index contributed by atoms with van der Waals surface area (Å²) in [5.41, 5.74) is 1.22. The first-order valence-electron chi connectivity index (χ1n) is 6.21. The summed E-state index contributed by atoms with van der Waals surface area (Å²) in [7, 11) is -2.97. The van der Waals surface area contributed by atoms with Crippen molar-refractivity contribution in [1.29, 1.82) is 0 Å². The van der Waals surface area contributed by atoms with Gasteiger partial charge in [0.2, 0.25) is 0 Å². The van der Waals surface area contributed by atoms with E-state index in [1.54, 1.807) is 23.4 Å². The Balaban J connectivity index is 2.16. The van der Waals surface area contributed by atoms with Gasteiger partial charge in [0, 0.05) is 25.8 Å². The van der Waals surface area contributed by atoms with Crippen molar-refractivity contribution < 1.29 is 13.2 Å². The number of hydrogen-bond donors (Lipinski definition) is 1. The van der Waals surface area contributed by atoms with Crippen LogP contribution < -0.4 is 5.32 Å². The molecule has 1 N–H and O–H groups in total. The molecule has 2 rings (SSSR count). The second-order valence-corrected chi connectivity index (χ2v) is 6.70. The number of rotatable bonds is 3. The largest absolute Gasteiger partial charge is 0.383 e. The van der Waals surface area contributed by atoms with Gasteiger partial charge >= 0.3 is 0 Å². The predicted octanol–water partition coefficient (Wildman–Crippen LogP) is 0.384. The van der Waals surface area contributed by atoms with Crippen LogP contribution >= 0.6 is 0 Å². The van der Waals surface area contributed by atoms with Crippen LogP contribution in [-0.2, 0) is 9.84 Å². The number of pyridine rings is 1. The van der Waals surface area contributed by atoms with Gasteiger partial charge in [-0.25, -0.2) is 8.42 Å². The summed E-state index contributed by atoms with van der Waals surface area (Å²) in [5, 5.41) is 3.08. The van der Waals surface area contributed by atoms with Crippen molar-refractivity contribution in [3.63, 3.8) is 0 Å². The Morgan fingerprint density at radius 1 is 1.42 bits per heavy atom. The standard InChI is InChI=1S/C12H17N3O3S/c1-2-14-11-9-13-4-3-10(11)12(16)15-5-7-19(17,18)8-6-15/h3-4,9,14H,2,5-8H2,1H3. The Bertz CT molecular complexity index is 557. The monoisotopic (exact) mass is 283 g/mol. The van der Waals surface area contributed by atoms with Gasteiger partial charge in [0.15, 0.2) is 9.84 Å². The van der Waals surface area contributed by atoms with Gasteiger partial charge in [-0.2, -0.15) is 0 Å². The molecule has 1 aliphatic rings. The highest BCUT2D eigenvalue weighted by molar-refractivity contribution is 7.91. The van der Waals surface area contributed by atoms with Crippen molar-refractivity contribution in [1.82, 2.24) is 9.88 Å². The molecule has 6 nitrogen and oxygen atoms in total. The van der Waals surface area contributed by atoms with Gasteiger partial charge in [-0.15, -0.1) is 0 Å². The van der Waals surface area contributed by atoms with Crippen molar-refractivity contribution in [3.8, 4) is 0 Å². The highest BCUT2D eigenvalue weighted by Gasteiger charge is 2.26. The summed E-state index contributed by atoms with van der Waals surface area (Å²) < 4.78 is 22.7. The zero-order chi connectivity index (χ0) is 13.9. The van der Waals surface area contributed by atoms with Crippen LogP contribution in [0.4, 0.5) is 5.69 Å². The van der Waals surface area contributed by atoms with Gasteiger partial charge in [0.05, 0.1) is 29.0 Å². The smallest absolute Gasteiger partial charge is 0.256 e. The average molecular weight is 283 g/mol. The third-order valence-corrected chi connectivity index (χ3v) is 4.66. The molecule has 2 heterocycles. The molecule has 104 valence electrons. The minimum Gasteiger partial charge on any atom is -0.383 e. The molecule has 0 radical (unpaired) electrons. The minimum atomic E-state index is -2.97. The molecule has 0 aliphatic carbocycles. The topological polar surface area (TPSA) is 79.4 Å². The quantitative estimate of drug-likeness (QED) is 0.867. The minimum absolute atomic E-state index is 0.0420. The number of amides is 1. The number of anilines is 1. The van der Waals surface area contributed by atoms with Crippen LogP contribution in [0, 0.1) is 0 Å². The van der Waals surface area contributed by atoms with Crippen molar-refractivity contribution in [2.24, 2.45) is 0 Å². The molecule has 1 aliphatic heterocycles. The van der Waals surface area contributed by atoms with Gasteiger partial charge in [-0.1, -0.05) is 0 Å². The lowest BCUT2D eigenvalue weighted by atomic mass is 10.2. The Labute approximate surface area is 112 Å². The Hall–Kier alpha value is -1.63. The van der Waals surface area contributed by atoms with E-state index < -0.39 is 9.84 Å². The zero-order valence-corrected chi connectivity index (χ0v) is 11.6. The van der Waals surface area contributed by atoms with E-state index in [4.69, 9.17) is 0 Å². The number of sulfone groups is 1. The molecule has 0 spiro atoms. The third kappa shape index (κ3) is 3.23. The second kappa shape index (κ2) is 5.56. The normalized spacial score (nSPS) is 18.1. The molecule has 0 unspecified atom stereocenters. The molecule has 1 saturated heterocycles. The van der Waals surface area contributed by atoms with E-state index in [0.717, 1.165) is 0 Å². The van der Waals surface area contributed by atoms with E-state index in [0.29, 0.717) is 17.8 Å². The van der Waals surface area contributed by atoms with Crippen molar-refractivity contribution in [2.45, 2.75) is 6.92 Å².